The Morgan fingerprint density at radius 2 is 1.94 bits per heavy atom. The second-order valence-electron chi connectivity index (χ2n) is 3.43. The Bertz CT molecular complexity index is 500. The molecular formula is C12H12N2O2. The number of hydrogen-bond acceptors (Lipinski definition) is 3. The van der Waals surface area contributed by atoms with Crippen molar-refractivity contribution in [2.45, 2.75) is 0 Å². The first kappa shape index (κ1) is 10.4. The van der Waals surface area contributed by atoms with Gasteiger partial charge in [0.2, 0.25) is 5.78 Å². The fraction of sp³-hybridized carbons (Fsp3) is 0.167. The molecule has 0 radical (unpaired) electrons. The van der Waals surface area contributed by atoms with Crippen molar-refractivity contribution in [1.82, 2.24) is 9.78 Å². The maximum atomic E-state index is 11.9. The first-order valence-electron chi connectivity index (χ1n) is 4.89. The molecule has 0 spiro atoms. The first-order chi connectivity index (χ1) is 7.70. The van der Waals surface area contributed by atoms with Gasteiger partial charge in [0.05, 0.1) is 7.11 Å². The van der Waals surface area contributed by atoms with Crippen molar-refractivity contribution in [2.24, 2.45) is 7.05 Å². The summed E-state index contributed by atoms with van der Waals surface area (Å²) >= 11 is 0. The summed E-state index contributed by atoms with van der Waals surface area (Å²) in [6.07, 6.45) is 1.75. The van der Waals surface area contributed by atoms with Gasteiger partial charge in [-0.3, -0.25) is 9.48 Å². The van der Waals surface area contributed by atoms with Crippen molar-refractivity contribution in [3.8, 4) is 5.75 Å². The minimum absolute atomic E-state index is 0.0803. The van der Waals surface area contributed by atoms with Crippen molar-refractivity contribution >= 4 is 5.78 Å². The Hall–Kier alpha value is -2.10. The number of ketones is 1. The molecule has 0 aliphatic rings. The standard InChI is InChI=1S/C12H12N2O2/c1-14-8-7-11(13-14)12(15)9-3-5-10(16-2)6-4-9/h3-8H,1-2H3. The second kappa shape index (κ2) is 4.18. The number of aromatic nitrogens is 2. The topological polar surface area (TPSA) is 44.1 Å². The number of methoxy groups -OCH3 is 1. The van der Waals surface area contributed by atoms with E-state index in [0.717, 1.165) is 5.75 Å². The molecule has 4 heteroatoms. The molecule has 0 N–H and O–H groups in total. The van der Waals surface area contributed by atoms with E-state index < -0.39 is 0 Å². The van der Waals surface area contributed by atoms with Gasteiger partial charge >= 0.3 is 0 Å². The summed E-state index contributed by atoms with van der Waals surface area (Å²) in [6, 6.07) is 8.69. The van der Waals surface area contributed by atoms with Gasteiger partial charge in [0.1, 0.15) is 11.4 Å². The SMILES string of the molecule is COc1ccc(C(=O)c2ccn(C)n2)cc1. The van der Waals surface area contributed by atoms with Crippen LogP contribution in [-0.4, -0.2) is 22.7 Å². The molecule has 0 atom stereocenters. The van der Waals surface area contributed by atoms with Crippen molar-refractivity contribution < 1.29 is 9.53 Å². The quantitative estimate of drug-likeness (QED) is 0.733. The Kier molecular flexibility index (Phi) is 2.72. The highest BCUT2D eigenvalue weighted by atomic mass is 16.5. The van der Waals surface area contributed by atoms with E-state index in [1.165, 1.54) is 0 Å². The summed E-state index contributed by atoms with van der Waals surface area (Å²) in [5.74, 6) is 0.654. The molecule has 0 saturated carbocycles. The zero-order chi connectivity index (χ0) is 11.5. The first-order valence-corrected chi connectivity index (χ1v) is 4.89. The smallest absolute Gasteiger partial charge is 0.213 e. The normalized spacial score (nSPS) is 10.1. The number of rotatable bonds is 3. The molecule has 1 aromatic carbocycles. The van der Waals surface area contributed by atoms with Crippen molar-refractivity contribution in [2.75, 3.05) is 7.11 Å². The van der Waals surface area contributed by atoms with E-state index in [1.54, 1.807) is 55.4 Å². The molecule has 1 aromatic heterocycles. The summed E-state index contributed by atoms with van der Waals surface area (Å²) in [4.78, 5) is 11.9. The molecule has 2 aromatic rings. The molecule has 0 fully saturated rings. The van der Waals surface area contributed by atoms with Gasteiger partial charge in [0.25, 0.3) is 0 Å². The van der Waals surface area contributed by atoms with Gasteiger partial charge < -0.3 is 4.74 Å². The Balaban J connectivity index is 2.27. The lowest BCUT2D eigenvalue weighted by Gasteiger charge is -2.00. The summed E-state index contributed by atoms with van der Waals surface area (Å²) in [6.45, 7) is 0. The number of benzene rings is 1. The molecule has 0 aliphatic carbocycles. The van der Waals surface area contributed by atoms with Gasteiger partial charge in [0, 0.05) is 18.8 Å². The van der Waals surface area contributed by atoms with Crippen LogP contribution in [0.3, 0.4) is 0 Å². The summed E-state index contributed by atoms with van der Waals surface area (Å²) in [7, 11) is 3.38. The third kappa shape index (κ3) is 1.95. The van der Waals surface area contributed by atoms with Crippen LogP contribution < -0.4 is 4.74 Å². The Morgan fingerprint density at radius 1 is 1.25 bits per heavy atom. The van der Waals surface area contributed by atoms with E-state index in [9.17, 15) is 4.79 Å². The van der Waals surface area contributed by atoms with Gasteiger partial charge in [-0.05, 0) is 30.3 Å². The molecule has 0 amide bonds. The van der Waals surface area contributed by atoms with E-state index >= 15 is 0 Å². The minimum atomic E-state index is -0.0803. The van der Waals surface area contributed by atoms with Gasteiger partial charge in [-0.25, -0.2) is 0 Å². The van der Waals surface area contributed by atoms with Crippen LogP contribution in [0.1, 0.15) is 16.1 Å². The maximum absolute atomic E-state index is 11.9. The van der Waals surface area contributed by atoms with Crippen LogP contribution >= 0.6 is 0 Å². The molecule has 1 heterocycles. The van der Waals surface area contributed by atoms with Gasteiger partial charge in [0.15, 0.2) is 0 Å². The second-order valence-corrected chi connectivity index (χ2v) is 3.43. The zero-order valence-corrected chi connectivity index (χ0v) is 9.18. The zero-order valence-electron chi connectivity index (χ0n) is 9.18. The lowest BCUT2D eigenvalue weighted by Crippen LogP contribution is -2.03. The lowest BCUT2D eigenvalue weighted by molar-refractivity contribution is 0.103. The highest BCUT2D eigenvalue weighted by Gasteiger charge is 2.11. The average Bonchev–Trinajstić information content (AvgIpc) is 2.75. The molecule has 16 heavy (non-hydrogen) atoms. The van der Waals surface area contributed by atoms with Gasteiger partial charge in [-0.1, -0.05) is 0 Å². The van der Waals surface area contributed by atoms with Crippen LogP contribution in [0.25, 0.3) is 0 Å². The van der Waals surface area contributed by atoms with Crippen LogP contribution in [0.15, 0.2) is 36.5 Å². The van der Waals surface area contributed by atoms with Crippen molar-refractivity contribution in [3.05, 3.63) is 47.8 Å². The molecule has 0 saturated heterocycles. The highest BCUT2D eigenvalue weighted by molar-refractivity contribution is 6.07. The number of hydrogen-bond donors (Lipinski definition) is 0. The molecule has 0 bridgehead atoms. The maximum Gasteiger partial charge on any atom is 0.213 e. The van der Waals surface area contributed by atoms with E-state index in [1.807, 2.05) is 0 Å². The van der Waals surface area contributed by atoms with Crippen molar-refractivity contribution in [3.63, 3.8) is 0 Å². The lowest BCUT2D eigenvalue weighted by atomic mass is 10.1. The van der Waals surface area contributed by atoms with Crippen LogP contribution in [0.2, 0.25) is 0 Å². The van der Waals surface area contributed by atoms with Gasteiger partial charge in [-0.15, -0.1) is 0 Å². The largest absolute Gasteiger partial charge is 0.497 e. The van der Waals surface area contributed by atoms with E-state index in [-0.39, 0.29) is 5.78 Å². The van der Waals surface area contributed by atoms with Gasteiger partial charge in [-0.2, -0.15) is 5.10 Å². The third-order valence-electron chi connectivity index (χ3n) is 2.30. The van der Waals surface area contributed by atoms with Crippen LogP contribution in [0, 0.1) is 0 Å². The summed E-state index contributed by atoms with van der Waals surface area (Å²) < 4.78 is 6.64. The third-order valence-corrected chi connectivity index (χ3v) is 2.30. The highest BCUT2D eigenvalue weighted by Crippen LogP contribution is 2.13. The van der Waals surface area contributed by atoms with Crippen LogP contribution in [-0.2, 0) is 7.05 Å². The van der Waals surface area contributed by atoms with E-state index in [0.29, 0.717) is 11.3 Å². The number of aryl methyl sites for hydroxylation is 1. The minimum Gasteiger partial charge on any atom is -0.497 e. The number of ether oxygens (including phenoxy) is 1. The predicted octanol–water partition coefficient (Wildman–Crippen LogP) is 1.66. The molecule has 0 unspecified atom stereocenters. The average molecular weight is 216 g/mol. The van der Waals surface area contributed by atoms with Crippen LogP contribution in [0.4, 0.5) is 0 Å². The predicted molar refractivity (Wildman–Crippen MR) is 59.6 cm³/mol. The Morgan fingerprint density at radius 3 is 2.44 bits per heavy atom. The molecule has 82 valence electrons. The Labute approximate surface area is 93.5 Å². The summed E-state index contributed by atoms with van der Waals surface area (Å²) in [5.41, 5.74) is 1.06. The summed E-state index contributed by atoms with van der Waals surface area (Å²) in [5, 5.41) is 4.07. The fourth-order valence-corrected chi connectivity index (χ4v) is 1.43. The monoisotopic (exact) mass is 216 g/mol. The van der Waals surface area contributed by atoms with E-state index in [4.69, 9.17) is 4.74 Å². The molecular weight excluding hydrogens is 204 g/mol. The van der Waals surface area contributed by atoms with Crippen molar-refractivity contribution in [1.29, 1.82) is 0 Å². The number of carbonyl (C=O) groups is 1. The fourth-order valence-electron chi connectivity index (χ4n) is 1.43. The number of nitrogens with zero attached hydrogens (tertiary/aromatic N) is 2. The molecule has 4 nitrogen and oxygen atoms in total. The van der Waals surface area contributed by atoms with Crippen LogP contribution in [0.5, 0.6) is 5.75 Å². The van der Waals surface area contributed by atoms with E-state index in [2.05, 4.69) is 5.10 Å². The number of carbonyl (C=O) groups excluding carboxylic acids is 1. The molecule has 2 rings (SSSR count). The molecule has 0 aliphatic heterocycles.